The maximum atomic E-state index is 11.1. The van der Waals surface area contributed by atoms with Gasteiger partial charge in [0.2, 0.25) is 0 Å². The number of ether oxygens (including phenoxy) is 3. The first-order valence-electron chi connectivity index (χ1n) is 4.57. The van der Waals surface area contributed by atoms with Crippen molar-refractivity contribution in [2.75, 3.05) is 26.9 Å². The zero-order valence-corrected chi connectivity index (χ0v) is 9.04. The molecule has 1 atom stereocenters. The lowest BCUT2D eigenvalue weighted by molar-refractivity contribution is -0.139. The number of hydrogen-bond acceptors (Lipinski definition) is 4. The summed E-state index contributed by atoms with van der Waals surface area (Å²) in [7, 11) is 1.60. The molecule has 0 aliphatic rings. The third kappa shape index (κ3) is 5.72. The van der Waals surface area contributed by atoms with E-state index in [4.69, 9.17) is 14.2 Å². The monoisotopic (exact) mass is 202 g/mol. The van der Waals surface area contributed by atoms with Gasteiger partial charge in [-0.1, -0.05) is 6.58 Å². The van der Waals surface area contributed by atoms with Gasteiger partial charge < -0.3 is 14.2 Å². The summed E-state index contributed by atoms with van der Waals surface area (Å²) in [5, 5.41) is 0. The lowest BCUT2D eigenvalue weighted by atomic mass is 10.3. The van der Waals surface area contributed by atoms with Gasteiger partial charge in [0.25, 0.3) is 0 Å². The molecule has 0 heterocycles. The third-order valence-electron chi connectivity index (χ3n) is 1.51. The summed E-state index contributed by atoms with van der Waals surface area (Å²) in [4.78, 5) is 11.1. The molecule has 82 valence electrons. The van der Waals surface area contributed by atoms with Crippen molar-refractivity contribution in [3.05, 3.63) is 12.2 Å². The molecule has 0 saturated heterocycles. The smallest absolute Gasteiger partial charge is 0.335 e. The highest BCUT2D eigenvalue weighted by atomic mass is 16.5. The van der Waals surface area contributed by atoms with Gasteiger partial charge in [0.05, 0.1) is 31.5 Å². The van der Waals surface area contributed by atoms with E-state index >= 15 is 0 Å². The maximum absolute atomic E-state index is 11.1. The average molecular weight is 202 g/mol. The molecule has 14 heavy (non-hydrogen) atoms. The Kier molecular flexibility index (Phi) is 7.06. The maximum Gasteiger partial charge on any atom is 0.335 e. The molecule has 0 bridgehead atoms. The molecule has 4 heteroatoms. The average Bonchev–Trinajstić information content (AvgIpc) is 2.15. The van der Waals surface area contributed by atoms with Crippen molar-refractivity contribution in [2.24, 2.45) is 0 Å². The van der Waals surface area contributed by atoms with E-state index in [0.717, 1.165) is 0 Å². The molecule has 4 nitrogen and oxygen atoms in total. The van der Waals surface area contributed by atoms with Crippen LogP contribution in [0.5, 0.6) is 0 Å². The fourth-order valence-electron chi connectivity index (χ4n) is 0.818. The molecule has 0 aromatic rings. The van der Waals surface area contributed by atoms with Gasteiger partial charge in [-0.25, -0.2) is 4.79 Å². The topological polar surface area (TPSA) is 44.8 Å². The molecule has 0 spiro atoms. The zero-order valence-electron chi connectivity index (χ0n) is 9.04. The normalized spacial score (nSPS) is 12.2. The minimum absolute atomic E-state index is 0.0498. The minimum Gasteiger partial charge on any atom is -0.463 e. The molecule has 1 unspecified atom stereocenters. The van der Waals surface area contributed by atoms with E-state index in [1.165, 1.54) is 0 Å². The Bertz CT molecular complexity index is 189. The molecule has 0 aromatic carbocycles. The van der Waals surface area contributed by atoms with Crippen LogP contribution in [0.25, 0.3) is 0 Å². The third-order valence-corrected chi connectivity index (χ3v) is 1.51. The summed E-state index contributed by atoms with van der Waals surface area (Å²) >= 11 is 0. The highest BCUT2D eigenvalue weighted by molar-refractivity contribution is 5.87. The van der Waals surface area contributed by atoms with Gasteiger partial charge in [0.1, 0.15) is 0 Å². The highest BCUT2D eigenvalue weighted by Gasteiger charge is 2.09. The van der Waals surface area contributed by atoms with Crippen LogP contribution in [-0.2, 0) is 19.0 Å². The summed E-state index contributed by atoms with van der Waals surface area (Å²) in [6.45, 7) is 8.21. The second-order valence-corrected chi connectivity index (χ2v) is 2.90. The molecular weight excluding hydrogens is 184 g/mol. The number of methoxy groups -OCH3 is 1. The van der Waals surface area contributed by atoms with Crippen LogP contribution in [0.3, 0.4) is 0 Å². The first-order valence-corrected chi connectivity index (χ1v) is 4.57. The van der Waals surface area contributed by atoms with Crippen LogP contribution in [-0.4, -0.2) is 39.0 Å². The Hall–Kier alpha value is -0.870. The summed E-state index contributed by atoms with van der Waals surface area (Å²) < 4.78 is 14.9. The predicted molar refractivity (Wildman–Crippen MR) is 53.1 cm³/mol. The summed E-state index contributed by atoms with van der Waals surface area (Å²) in [5.41, 5.74) is 0.329. The first kappa shape index (κ1) is 13.1. The van der Waals surface area contributed by atoms with Gasteiger partial charge in [-0.05, 0) is 13.8 Å². The lowest BCUT2D eigenvalue weighted by Crippen LogP contribution is -2.19. The Morgan fingerprint density at radius 3 is 2.64 bits per heavy atom. The fraction of sp³-hybridized carbons (Fsp3) is 0.700. The quantitative estimate of drug-likeness (QED) is 0.459. The fourth-order valence-corrected chi connectivity index (χ4v) is 0.818. The standard InChI is InChI=1S/C10H18O4/c1-5-13-10(11)8(2)6-14-9(3)7-12-4/h9H,2,5-7H2,1,3-4H3. The highest BCUT2D eigenvalue weighted by Crippen LogP contribution is 1.99. The van der Waals surface area contributed by atoms with E-state index in [-0.39, 0.29) is 12.7 Å². The van der Waals surface area contributed by atoms with Crippen molar-refractivity contribution < 1.29 is 19.0 Å². The number of carbonyl (C=O) groups excluding carboxylic acids is 1. The minimum atomic E-state index is -0.405. The van der Waals surface area contributed by atoms with Crippen LogP contribution in [0.15, 0.2) is 12.2 Å². The van der Waals surface area contributed by atoms with Gasteiger partial charge in [0, 0.05) is 7.11 Å². The predicted octanol–water partition coefficient (Wildman–Crippen LogP) is 1.16. The van der Waals surface area contributed by atoms with Gasteiger partial charge in [-0.15, -0.1) is 0 Å². The Labute approximate surface area is 84.8 Å². The number of hydrogen-bond donors (Lipinski definition) is 0. The summed E-state index contributed by atoms with van der Waals surface area (Å²) in [5.74, 6) is -0.405. The number of rotatable bonds is 7. The summed E-state index contributed by atoms with van der Waals surface area (Å²) in [6, 6.07) is 0. The molecular formula is C10H18O4. The van der Waals surface area contributed by atoms with Gasteiger partial charge in [-0.2, -0.15) is 0 Å². The van der Waals surface area contributed by atoms with E-state index in [0.29, 0.717) is 18.8 Å². The summed E-state index contributed by atoms with van der Waals surface area (Å²) in [6.07, 6.45) is -0.0498. The number of esters is 1. The van der Waals surface area contributed by atoms with E-state index in [1.54, 1.807) is 14.0 Å². The van der Waals surface area contributed by atoms with Crippen molar-refractivity contribution >= 4 is 5.97 Å². The van der Waals surface area contributed by atoms with E-state index < -0.39 is 5.97 Å². The Morgan fingerprint density at radius 2 is 2.14 bits per heavy atom. The van der Waals surface area contributed by atoms with Crippen molar-refractivity contribution in [1.82, 2.24) is 0 Å². The first-order chi connectivity index (χ1) is 6.61. The van der Waals surface area contributed by atoms with Gasteiger partial charge in [-0.3, -0.25) is 0 Å². The molecule has 0 aliphatic carbocycles. The van der Waals surface area contributed by atoms with Gasteiger partial charge >= 0.3 is 5.97 Å². The molecule has 0 fully saturated rings. The van der Waals surface area contributed by atoms with Crippen molar-refractivity contribution in [3.63, 3.8) is 0 Å². The van der Waals surface area contributed by atoms with Crippen molar-refractivity contribution in [1.29, 1.82) is 0 Å². The second-order valence-electron chi connectivity index (χ2n) is 2.90. The van der Waals surface area contributed by atoms with Crippen LogP contribution in [0.2, 0.25) is 0 Å². The largest absolute Gasteiger partial charge is 0.463 e. The van der Waals surface area contributed by atoms with E-state index in [2.05, 4.69) is 6.58 Å². The van der Waals surface area contributed by atoms with Crippen molar-refractivity contribution in [3.8, 4) is 0 Å². The van der Waals surface area contributed by atoms with Crippen LogP contribution >= 0.6 is 0 Å². The van der Waals surface area contributed by atoms with Crippen LogP contribution in [0.1, 0.15) is 13.8 Å². The molecule has 0 radical (unpaired) electrons. The Morgan fingerprint density at radius 1 is 1.50 bits per heavy atom. The molecule has 0 rings (SSSR count). The van der Waals surface area contributed by atoms with Crippen LogP contribution in [0.4, 0.5) is 0 Å². The molecule has 0 aromatic heterocycles. The molecule has 0 amide bonds. The lowest BCUT2D eigenvalue weighted by Gasteiger charge is -2.12. The van der Waals surface area contributed by atoms with E-state index in [1.807, 2.05) is 6.92 Å². The zero-order chi connectivity index (χ0) is 11.0. The second kappa shape index (κ2) is 7.53. The molecule has 0 saturated carbocycles. The number of carbonyl (C=O) groups is 1. The van der Waals surface area contributed by atoms with Crippen LogP contribution in [0, 0.1) is 0 Å². The van der Waals surface area contributed by atoms with Gasteiger partial charge in [0.15, 0.2) is 0 Å². The molecule has 0 aliphatic heterocycles. The van der Waals surface area contributed by atoms with Crippen molar-refractivity contribution in [2.45, 2.75) is 20.0 Å². The van der Waals surface area contributed by atoms with E-state index in [9.17, 15) is 4.79 Å². The molecule has 0 N–H and O–H groups in total. The Balaban J connectivity index is 3.67. The SMILES string of the molecule is C=C(COC(C)COC)C(=O)OCC. The van der Waals surface area contributed by atoms with Crippen LogP contribution < -0.4 is 0 Å².